The van der Waals surface area contributed by atoms with E-state index in [1.807, 2.05) is 37.4 Å². The predicted molar refractivity (Wildman–Crippen MR) is 90.8 cm³/mol. The van der Waals surface area contributed by atoms with Crippen molar-refractivity contribution in [3.8, 4) is 5.69 Å². The number of rotatable bonds is 3. The lowest BCUT2D eigenvalue weighted by molar-refractivity contribution is -0.132. The third kappa shape index (κ3) is 3.27. The summed E-state index contributed by atoms with van der Waals surface area (Å²) >= 11 is 6.16. The monoisotopic (exact) mass is 326 g/mol. The third-order valence-electron chi connectivity index (χ3n) is 3.70. The van der Waals surface area contributed by atoms with Crippen molar-refractivity contribution in [3.63, 3.8) is 0 Å². The van der Waals surface area contributed by atoms with Crippen LogP contribution in [0.5, 0.6) is 0 Å². The Morgan fingerprint density at radius 3 is 2.87 bits per heavy atom. The van der Waals surface area contributed by atoms with E-state index in [1.165, 1.54) is 0 Å². The van der Waals surface area contributed by atoms with Crippen molar-refractivity contribution in [2.45, 2.75) is 13.3 Å². The highest BCUT2D eigenvalue weighted by atomic mass is 35.5. The molecule has 0 atom stereocenters. The Bertz CT molecular complexity index is 860. The van der Waals surface area contributed by atoms with Gasteiger partial charge >= 0.3 is 5.97 Å². The maximum absolute atomic E-state index is 11.0. The van der Waals surface area contributed by atoms with E-state index in [1.54, 1.807) is 29.1 Å². The van der Waals surface area contributed by atoms with Gasteiger partial charge in [-0.25, -0.2) is 9.48 Å². The molecule has 0 saturated heterocycles. The maximum atomic E-state index is 11.0. The molecule has 4 nitrogen and oxygen atoms in total. The molecule has 23 heavy (non-hydrogen) atoms. The van der Waals surface area contributed by atoms with E-state index in [0.29, 0.717) is 17.0 Å². The van der Waals surface area contributed by atoms with Crippen molar-refractivity contribution < 1.29 is 9.90 Å². The largest absolute Gasteiger partial charge is 0.478 e. The summed E-state index contributed by atoms with van der Waals surface area (Å²) in [5.74, 6) is -0.916. The number of carbonyl (C=O) groups is 1. The predicted octanol–water partition coefficient (Wildman–Crippen LogP) is 4.19. The van der Waals surface area contributed by atoms with Crippen molar-refractivity contribution in [2.75, 3.05) is 0 Å². The lowest BCUT2D eigenvalue weighted by atomic mass is 10.1. The smallest absolute Gasteiger partial charge is 0.335 e. The molecule has 2 aromatic rings. The van der Waals surface area contributed by atoms with Crippen LogP contribution in [0.1, 0.15) is 17.5 Å². The highest BCUT2D eigenvalue weighted by Gasteiger charge is 2.09. The number of benzene rings is 1. The molecule has 1 aromatic heterocycles. The highest BCUT2D eigenvalue weighted by molar-refractivity contribution is 6.31. The molecule has 0 aliphatic heterocycles. The Labute approximate surface area is 139 Å². The van der Waals surface area contributed by atoms with Crippen LogP contribution in [0.4, 0.5) is 0 Å². The second kappa shape index (κ2) is 6.26. The fourth-order valence-corrected chi connectivity index (χ4v) is 2.51. The molecule has 0 saturated carbocycles. The molecule has 0 amide bonds. The first-order valence-electron chi connectivity index (χ1n) is 7.18. The van der Waals surface area contributed by atoms with Crippen LogP contribution in [0.2, 0.25) is 5.02 Å². The Kier molecular flexibility index (Phi) is 4.17. The Morgan fingerprint density at radius 2 is 2.13 bits per heavy atom. The van der Waals surface area contributed by atoms with Crippen molar-refractivity contribution in [2.24, 2.45) is 0 Å². The number of carboxylic acids is 1. The number of carboxylic acid groups (broad SMARTS) is 1. The Balaban J connectivity index is 1.88. The van der Waals surface area contributed by atoms with Gasteiger partial charge in [-0.05, 0) is 42.7 Å². The summed E-state index contributed by atoms with van der Waals surface area (Å²) in [4.78, 5) is 11.0. The van der Waals surface area contributed by atoms with E-state index >= 15 is 0 Å². The molecule has 1 aliphatic carbocycles. The zero-order valence-electron chi connectivity index (χ0n) is 12.5. The zero-order chi connectivity index (χ0) is 16.4. The first-order chi connectivity index (χ1) is 11.0. The molecule has 116 valence electrons. The minimum atomic E-state index is -0.916. The van der Waals surface area contributed by atoms with Crippen molar-refractivity contribution in [1.29, 1.82) is 0 Å². The fourth-order valence-electron chi connectivity index (χ4n) is 2.34. The van der Waals surface area contributed by atoms with Crippen LogP contribution in [0.3, 0.4) is 0 Å². The number of allylic oxidation sites excluding steroid dienone is 4. The summed E-state index contributed by atoms with van der Waals surface area (Å²) in [6, 6.07) is 5.78. The van der Waals surface area contributed by atoms with Gasteiger partial charge in [0.1, 0.15) is 0 Å². The van der Waals surface area contributed by atoms with Crippen LogP contribution in [0.25, 0.3) is 11.3 Å². The number of halogens is 1. The molecule has 0 unspecified atom stereocenters. The summed E-state index contributed by atoms with van der Waals surface area (Å²) in [6.07, 6.45) is 11.3. The first-order valence-corrected chi connectivity index (χ1v) is 7.55. The van der Waals surface area contributed by atoms with Crippen LogP contribution in [0, 0.1) is 6.92 Å². The van der Waals surface area contributed by atoms with Crippen LogP contribution in [-0.2, 0) is 4.79 Å². The second-order valence-corrected chi connectivity index (χ2v) is 5.71. The van der Waals surface area contributed by atoms with Gasteiger partial charge in [-0.15, -0.1) is 0 Å². The number of aliphatic carboxylic acids is 1. The van der Waals surface area contributed by atoms with Crippen LogP contribution < -0.4 is 0 Å². The molecule has 0 radical (unpaired) electrons. The number of hydrogen-bond acceptors (Lipinski definition) is 2. The van der Waals surface area contributed by atoms with E-state index in [0.717, 1.165) is 22.4 Å². The molecule has 0 fully saturated rings. The van der Waals surface area contributed by atoms with E-state index in [4.69, 9.17) is 16.7 Å². The first kappa shape index (κ1) is 15.3. The van der Waals surface area contributed by atoms with Crippen molar-refractivity contribution in [3.05, 3.63) is 76.6 Å². The standard InChI is InChI=1S/C18H15ClN2O2/c1-12-5-8-16(9-17(12)19)21-11-15(10-20-21)13-3-2-4-14(7-6-13)18(22)23/h3-11H,2H2,1H3,(H,22,23). The number of aromatic nitrogens is 2. The molecular formula is C18H15ClN2O2. The maximum Gasteiger partial charge on any atom is 0.335 e. The van der Waals surface area contributed by atoms with Crippen molar-refractivity contribution >= 4 is 23.1 Å². The quantitative estimate of drug-likeness (QED) is 0.920. The summed E-state index contributed by atoms with van der Waals surface area (Å²) in [6.45, 7) is 1.95. The van der Waals surface area contributed by atoms with Gasteiger partial charge in [0, 0.05) is 16.8 Å². The lowest BCUT2D eigenvalue weighted by Gasteiger charge is -2.03. The van der Waals surface area contributed by atoms with Gasteiger partial charge in [0.15, 0.2) is 0 Å². The molecule has 1 aromatic carbocycles. The highest BCUT2D eigenvalue weighted by Crippen LogP contribution is 2.23. The zero-order valence-corrected chi connectivity index (χ0v) is 13.3. The molecule has 5 heteroatoms. The number of nitrogens with zero attached hydrogens (tertiary/aromatic N) is 2. The Morgan fingerprint density at radius 1 is 1.30 bits per heavy atom. The summed E-state index contributed by atoms with van der Waals surface area (Å²) < 4.78 is 1.76. The fraction of sp³-hybridized carbons (Fsp3) is 0.111. The van der Waals surface area contributed by atoms with E-state index in [-0.39, 0.29) is 0 Å². The molecule has 1 N–H and O–H groups in total. The van der Waals surface area contributed by atoms with Gasteiger partial charge in [0.2, 0.25) is 0 Å². The minimum Gasteiger partial charge on any atom is -0.478 e. The average molecular weight is 327 g/mol. The van der Waals surface area contributed by atoms with Crippen LogP contribution in [0.15, 0.2) is 60.5 Å². The second-order valence-electron chi connectivity index (χ2n) is 5.30. The molecule has 3 rings (SSSR count). The summed E-state index contributed by atoms with van der Waals surface area (Å²) in [7, 11) is 0. The van der Waals surface area contributed by atoms with Gasteiger partial charge in [-0.3, -0.25) is 0 Å². The van der Waals surface area contributed by atoms with E-state index in [9.17, 15) is 4.79 Å². The molecule has 1 aliphatic rings. The number of aryl methyl sites for hydroxylation is 1. The van der Waals surface area contributed by atoms with Crippen molar-refractivity contribution in [1.82, 2.24) is 9.78 Å². The van der Waals surface area contributed by atoms with Gasteiger partial charge in [-0.2, -0.15) is 5.10 Å². The average Bonchev–Trinajstić information content (AvgIpc) is 2.87. The third-order valence-corrected chi connectivity index (χ3v) is 4.11. The van der Waals surface area contributed by atoms with Gasteiger partial charge < -0.3 is 5.11 Å². The van der Waals surface area contributed by atoms with E-state index in [2.05, 4.69) is 5.10 Å². The summed E-state index contributed by atoms with van der Waals surface area (Å²) in [5.41, 5.74) is 4.08. The molecule has 1 heterocycles. The van der Waals surface area contributed by atoms with Crippen LogP contribution in [-0.4, -0.2) is 20.9 Å². The van der Waals surface area contributed by atoms with Gasteiger partial charge in [0.25, 0.3) is 0 Å². The molecule has 0 bridgehead atoms. The van der Waals surface area contributed by atoms with E-state index < -0.39 is 5.97 Å². The normalized spacial score (nSPS) is 14.2. The summed E-state index contributed by atoms with van der Waals surface area (Å²) in [5, 5.41) is 14.1. The van der Waals surface area contributed by atoms with Crippen LogP contribution >= 0.6 is 11.6 Å². The molecular weight excluding hydrogens is 312 g/mol. The SMILES string of the molecule is Cc1ccc(-n2cc(C3=CCC=C(C(=O)O)C=C3)cn2)cc1Cl. The Hall–Kier alpha value is -2.59. The number of hydrogen-bond donors (Lipinski definition) is 1. The van der Waals surface area contributed by atoms with Gasteiger partial charge in [-0.1, -0.05) is 35.9 Å². The van der Waals surface area contributed by atoms with Gasteiger partial charge in [0.05, 0.1) is 17.5 Å². The lowest BCUT2D eigenvalue weighted by Crippen LogP contribution is -1.96. The topological polar surface area (TPSA) is 55.1 Å². The minimum absolute atomic E-state index is 0.300. The molecule has 0 spiro atoms.